The summed E-state index contributed by atoms with van der Waals surface area (Å²) in [7, 11) is -2.26. The van der Waals surface area contributed by atoms with Crippen LogP contribution in [0.4, 0.5) is 10.8 Å². The average Bonchev–Trinajstić information content (AvgIpc) is 3.41. The van der Waals surface area contributed by atoms with Gasteiger partial charge in [0.2, 0.25) is 0 Å². The maximum atomic E-state index is 12.7. The fourth-order valence-corrected chi connectivity index (χ4v) is 6.28. The zero-order valence-electron chi connectivity index (χ0n) is 18.0. The number of anilines is 2. The Balaban J connectivity index is 1.31. The van der Waals surface area contributed by atoms with Crippen LogP contribution in [0.3, 0.4) is 0 Å². The van der Waals surface area contributed by atoms with Gasteiger partial charge in [0, 0.05) is 11.3 Å². The lowest BCUT2D eigenvalue weighted by atomic mass is 10.2. The van der Waals surface area contributed by atoms with Gasteiger partial charge in [-0.3, -0.25) is 14.8 Å². The molecular formula is C23H18N4O4S3. The van der Waals surface area contributed by atoms with Crippen molar-refractivity contribution in [3.05, 3.63) is 71.2 Å². The monoisotopic (exact) mass is 510 g/mol. The van der Waals surface area contributed by atoms with Crippen molar-refractivity contribution in [2.24, 2.45) is 0 Å². The fraction of sp³-hybridized carbons (Fsp3) is 0.0870. The standard InChI is InChI=1S/C23H18N4O4S3/c1-13-24-20-19(32-13)12-11-18-21(20)33-23(25-18)26-22(28)14-3-5-15(6-4-14)27-34(29,30)17-9-7-16(31-2)8-10-17/h3-12,27H,1-2H3,(H,25,26,28). The summed E-state index contributed by atoms with van der Waals surface area (Å²) < 4.78 is 34.8. The summed E-state index contributed by atoms with van der Waals surface area (Å²) in [6, 6.07) is 16.2. The molecule has 0 atom stereocenters. The lowest BCUT2D eigenvalue weighted by Gasteiger charge is -2.09. The van der Waals surface area contributed by atoms with Crippen molar-refractivity contribution in [3.8, 4) is 5.75 Å². The van der Waals surface area contributed by atoms with Crippen molar-refractivity contribution in [2.45, 2.75) is 11.8 Å². The van der Waals surface area contributed by atoms with Crippen LogP contribution < -0.4 is 14.8 Å². The predicted molar refractivity (Wildman–Crippen MR) is 136 cm³/mol. The molecule has 0 saturated carbocycles. The van der Waals surface area contributed by atoms with Crippen LogP contribution in [0.25, 0.3) is 20.4 Å². The van der Waals surface area contributed by atoms with E-state index >= 15 is 0 Å². The molecule has 0 aliphatic carbocycles. The van der Waals surface area contributed by atoms with Crippen molar-refractivity contribution < 1.29 is 17.9 Å². The number of nitrogens with zero attached hydrogens (tertiary/aromatic N) is 2. The number of fused-ring (bicyclic) bond motifs is 3. The second-order valence-electron chi connectivity index (χ2n) is 7.32. The topological polar surface area (TPSA) is 110 Å². The van der Waals surface area contributed by atoms with Crippen LogP contribution in [0.15, 0.2) is 65.6 Å². The molecule has 2 N–H and O–H groups in total. The minimum Gasteiger partial charge on any atom is -0.497 e. The number of ether oxygens (including phenoxy) is 1. The Morgan fingerprint density at radius 3 is 2.38 bits per heavy atom. The van der Waals surface area contributed by atoms with Crippen LogP contribution in [0.5, 0.6) is 5.75 Å². The normalized spacial score (nSPS) is 11.6. The van der Waals surface area contributed by atoms with E-state index in [1.54, 1.807) is 35.6 Å². The number of thiazole rings is 2. The number of carbonyl (C=O) groups excluding carboxylic acids is 1. The molecule has 0 saturated heterocycles. The predicted octanol–water partition coefficient (Wildman–Crippen LogP) is 5.28. The van der Waals surface area contributed by atoms with E-state index in [2.05, 4.69) is 20.0 Å². The van der Waals surface area contributed by atoms with Crippen LogP contribution >= 0.6 is 22.7 Å². The molecule has 3 aromatic carbocycles. The van der Waals surface area contributed by atoms with Crippen molar-refractivity contribution in [1.82, 2.24) is 9.97 Å². The van der Waals surface area contributed by atoms with E-state index in [1.165, 1.54) is 42.7 Å². The Morgan fingerprint density at radius 1 is 0.941 bits per heavy atom. The van der Waals surface area contributed by atoms with E-state index < -0.39 is 10.0 Å². The molecule has 11 heteroatoms. The lowest BCUT2D eigenvalue weighted by Crippen LogP contribution is -2.14. The number of hydrogen-bond acceptors (Lipinski definition) is 8. The van der Waals surface area contributed by atoms with Gasteiger partial charge in [0.05, 0.1) is 31.9 Å². The second kappa shape index (κ2) is 8.67. The quantitative estimate of drug-likeness (QED) is 0.322. The largest absolute Gasteiger partial charge is 0.497 e. The molecular weight excluding hydrogens is 492 g/mol. The zero-order chi connectivity index (χ0) is 23.9. The van der Waals surface area contributed by atoms with Crippen LogP contribution in [-0.4, -0.2) is 31.4 Å². The highest BCUT2D eigenvalue weighted by atomic mass is 32.2. The summed E-state index contributed by atoms with van der Waals surface area (Å²) >= 11 is 2.99. The Hall–Kier alpha value is -3.54. The zero-order valence-corrected chi connectivity index (χ0v) is 20.5. The molecule has 34 heavy (non-hydrogen) atoms. The minimum absolute atomic E-state index is 0.107. The number of aromatic nitrogens is 2. The van der Waals surface area contributed by atoms with E-state index in [0.717, 1.165) is 25.4 Å². The van der Waals surface area contributed by atoms with Gasteiger partial charge < -0.3 is 4.74 Å². The van der Waals surface area contributed by atoms with Gasteiger partial charge in [-0.2, -0.15) is 0 Å². The maximum Gasteiger partial charge on any atom is 0.261 e. The first-order chi connectivity index (χ1) is 16.3. The van der Waals surface area contributed by atoms with Gasteiger partial charge >= 0.3 is 0 Å². The molecule has 0 radical (unpaired) electrons. The Morgan fingerprint density at radius 2 is 1.68 bits per heavy atom. The molecule has 5 rings (SSSR count). The maximum absolute atomic E-state index is 12.7. The van der Waals surface area contributed by atoms with Crippen molar-refractivity contribution in [3.63, 3.8) is 0 Å². The Labute approximate surface area is 203 Å². The summed E-state index contributed by atoms with van der Waals surface area (Å²) in [4.78, 5) is 21.9. The fourth-order valence-electron chi connectivity index (χ4n) is 3.37. The number of rotatable bonds is 6. The van der Waals surface area contributed by atoms with Gasteiger partial charge in [-0.25, -0.2) is 18.4 Å². The number of sulfonamides is 1. The van der Waals surface area contributed by atoms with E-state index in [0.29, 0.717) is 22.1 Å². The van der Waals surface area contributed by atoms with E-state index in [1.807, 2.05) is 19.1 Å². The molecule has 2 aromatic heterocycles. The third kappa shape index (κ3) is 4.32. The number of aryl methyl sites for hydroxylation is 1. The van der Waals surface area contributed by atoms with E-state index in [9.17, 15) is 13.2 Å². The molecule has 2 heterocycles. The summed E-state index contributed by atoms with van der Waals surface area (Å²) in [6.45, 7) is 1.96. The molecule has 1 amide bonds. The lowest BCUT2D eigenvalue weighted by molar-refractivity contribution is 0.102. The van der Waals surface area contributed by atoms with Gasteiger partial charge in [-0.1, -0.05) is 11.3 Å². The molecule has 5 aromatic rings. The Bertz CT molecular complexity index is 1620. The summed E-state index contributed by atoms with van der Waals surface area (Å²) in [5, 5.41) is 4.27. The highest BCUT2D eigenvalue weighted by Gasteiger charge is 2.16. The molecule has 0 aliphatic heterocycles. The molecule has 8 nitrogen and oxygen atoms in total. The third-order valence-corrected chi connectivity index (χ3v) is 8.34. The van der Waals surface area contributed by atoms with Crippen molar-refractivity contribution in [1.29, 1.82) is 0 Å². The summed E-state index contributed by atoms with van der Waals surface area (Å²) in [5.74, 6) is 0.225. The van der Waals surface area contributed by atoms with Crippen LogP contribution in [0, 0.1) is 6.92 Å². The Kier molecular flexibility index (Phi) is 5.68. The molecule has 0 fully saturated rings. The van der Waals surface area contributed by atoms with Gasteiger partial charge in [0.15, 0.2) is 5.13 Å². The van der Waals surface area contributed by atoms with Gasteiger partial charge in [-0.15, -0.1) is 11.3 Å². The number of benzene rings is 3. The third-order valence-electron chi connectivity index (χ3n) is 5.01. The molecule has 0 bridgehead atoms. The van der Waals surface area contributed by atoms with Gasteiger partial charge in [0.25, 0.3) is 15.9 Å². The first kappa shape index (κ1) is 22.3. The molecule has 0 spiro atoms. The molecule has 172 valence electrons. The summed E-state index contributed by atoms with van der Waals surface area (Å²) in [6.07, 6.45) is 0. The number of nitrogens with one attached hydrogen (secondary N) is 2. The van der Waals surface area contributed by atoms with Gasteiger partial charge in [-0.05, 0) is 67.6 Å². The van der Waals surface area contributed by atoms with Crippen molar-refractivity contribution >= 4 is 69.9 Å². The number of carbonyl (C=O) groups is 1. The molecule has 0 aliphatic rings. The number of methoxy groups -OCH3 is 1. The van der Waals surface area contributed by atoms with Crippen LogP contribution in [0.1, 0.15) is 15.4 Å². The van der Waals surface area contributed by atoms with Crippen LogP contribution in [0.2, 0.25) is 0 Å². The summed E-state index contributed by atoms with van der Waals surface area (Å²) in [5.41, 5.74) is 2.39. The van der Waals surface area contributed by atoms with E-state index in [-0.39, 0.29) is 10.8 Å². The van der Waals surface area contributed by atoms with Crippen LogP contribution in [-0.2, 0) is 10.0 Å². The highest BCUT2D eigenvalue weighted by molar-refractivity contribution is 7.92. The second-order valence-corrected chi connectivity index (χ2v) is 11.2. The first-order valence-electron chi connectivity index (χ1n) is 10.1. The number of hydrogen-bond donors (Lipinski definition) is 2. The SMILES string of the molecule is COc1ccc(S(=O)(=O)Nc2ccc(C(=O)Nc3nc4ccc5sc(C)nc5c4s3)cc2)cc1. The van der Waals surface area contributed by atoms with Crippen molar-refractivity contribution in [2.75, 3.05) is 17.1 Å². The smallest absolute Gasteiger partial charge is 0.261 e. The van der Waals surface area contributed by atoms with E-state index in [4.69, 9.17) is 4.74 Å². The molecule has 0 unspecified atom stereocenters. The average molecular weight is 511 g/mol. The minimum atomic E-state index is -3.77. The number of amides is 1. The first-order valence-corrected chi connectivity index (χ1v) is 13.2. The highest BCUT2D eigenvalue weighted by Crippen LogP contribution is 2.34. The van der Waals surface area contributed by atoms with Gasteiger partial charge in [0.1, 0.15) is 11.3 Å².